The second-order valence-electron chi connectivity index (χ2n) is 5.60. The van der Waals surface area contributed by atoms with Crippen LogP contribution in [0.1, 0.15) is 19.8 Å². The number of rotatable bonds is 5. The van der Waals surface area contributed by atoms with Crippen molar-refractivity contribution < 1.29 is 14.3 Å². The average Bonchev–Trinajstić information content (AvgIpc) is 2.62. The predicted octanol–water partition coefficient (Wildman–Crippen LogP) is 0.545. The van der Waals surface area contributed by atoms with Gasteiger partial charge in [0.25, 0.3) is 0 Å². The molecule has 2 amide bonds. The van der Waals surface area contributed by atoms with E-state index in [1.807, 2.05) is 0 Å². The summed E-state index contributed by atoms with van der Waals surface area (Å²) in [6.07, 6.45) is 4.40. The minimum atomic E-state index is -0.283. The Kier molecular flexibility index (Phi) is 7.00. The maximum absolute atomic E-state index is 11.8. The number of anilines is 1. The van der Waals surface area contributed by atoms with Gasteiger partial charge in [0.15, 0.2) is 5.96 Å². The SMILES string of the molecule is CCOC(=O)N1CCC(NC(N)=NCC(=O)Nc2cccnc2)CC1. The Hall–Kier alpha value is -2.84. The highest BCUT2D eigenvalue weighted by Crippen LogP contribution is 2.11. The van der Waals surface area contributed by atoms with Gasteiger partial charge in [-0.3, -0.25) is 9.78 Å². The zero-order valence-electron chi connectivity index (χ0n) is 14.3. The smallest absolute Gasteiger partial charge is 0.409 e. The lowest BCUT2D eigenvalue weighted by molar-refractivity contribution is -0.114. The summed E-state index contributed by atoms with van der Waals surface area (Å²) in [5.74, 6) is -0.0502. The number of amides is 2. The Bertz CT molecular complexity index is 599. The summed E-state index contributed by atoms with van der Waals surface area (Å²) in [5, 5.41) is 5.77. The molecule has 0 aromatic carbocycles. The number of likely N-dealkylation sites (tertiary alicyclic amines) is 1. The molecule has 2 rings (SSSR count). The number of guanidine groups is 1. The lowest BCUT2D eigenvalue weighted by atomic mass is 10.1. The molecule has 0 unspecified atom stereocenters. The van der Waals surface area contributed by atoms with Crippen molar-refractivity contribution in [2.75, 3.05) is 31.6 Å². The van der Waals surface area contributed by atoms with Crippen LogP contribution in [-0.4, -0.2) is 60.1 Å². The molecule has 0 bridgehead atoms. The molecule has 1 aliphatic rings. The fourth-order valence-corrected chi connectivity index (χ4v) is 2.47. The first-order valence-electron chi connectivity index (χ1n) is 8.26. The molecule has 0 atom stereocenters. The van der Waals surface area contributed by atoms with E-state index in [4.69, 9.17) is 10.5 Å². The number of aliphatic imine (C=N–C) groups is 1. The van der Waals surface area contributed by atoms with Gasteiger partial charge < -0.3 is 26.0 Å². The summed E-state index contributed by atoms with van der Waals surface area (Å²) in [4.78, 5) is 33.1. The summed E-state index contributed by atoms with van der Waals surface area (Å²) in [6.45, 7) is 3.29. The molecule has 9 heteroatoms. The third-order valence-corrected chi connectivity index (χ3v) is 3.71. The average molecular weight is 348 g/mol. The second kappa shape index (κ2) is 9.45. The van der Waals surface area contributed by atoms with Crippen LogP contribution < -0.4 is 16.4 Å². The lowest BCUT2D eigenvalue weighted by Gasteiger charge is -2.31. The Labute approximate surface area is 146 Å². The molecular weight excluding hydrogens is 324 g/mol. The van der Waals surface area contributed by atoms with Crippen LogP contribution in [0.4, 0.5) is 10.5 Å². The quantitative estimate of drug-likeness (QED) is 0.527. The van der Waals surface area contributed by atoms with Gasteiger partial charge in [-0.2, -0.15) is 0 Å². The number of carbonyl (C=O) groups is 2. The first-order valence-corrected chi connectivity index (χ1v) is 8.26. The standard InChI is InChI=1S/C16H24N6O3/c1-2-25-16(24)22-8-5-12(6-9-22)21-15(17)19-11-14(23)20-13-4-3-7-18-10-13/h3-4,7,10,12H,2,5-6,8-9,11H2,1H3,(H,20,23)(H3,17,19,21). The lowest BCUT2D eigenvalue weighted by Crippen LogP contribution is -2.48. The van der Waals surface area contributed by atoms with Gasteiger partial charge in [-0.05, 0) is 31.9 Å². The monoisotopic (exact) mass is 348 g/mol. The molecule has 1 aliphatic heterocycles. The number of hydrogen-bond donors (Lipinski definition) is 3. The van der Waals surface area contributed by atoms with Gasteiger partial charge >= 0.3 is 6.09 Å². The number of ether oxygens (including phenoxy) is 1. The zero-order chi connectivity index (χ0) is 18.1. The molecule has 1 fully saturated rings. The van der Waals surface area contributed by atoms with Crippen molar-refractivity contribution in [3.8, 4) is 0 Å². The molecule has 1 saturated heterocycles. The minimum absolute atomic E-state index is 0.0740. The first kappa shape index (κ1) is 18.5. The predicted molar refractivity (Wildman–Crippen MR) is 94.1 cm³/mol. The normalized spacial score (nSPS) is 15.6. The molecule has 25 heavy (non-hydrogen) atoms. The fourth-order valence-electron chi connectivity index (χ4n) is 2.47. The third kappa shape index (κ3) is 6.28. The number of piperidine rings is 1. The molecule has 9 nitrogen and oxygen atoms in total. The van der Waals surface area contributed by atoms with E-state index in [0.29, 0.717) is 25.4 Å². The van der Waals surface area contributed by atoms with E-state index in [0.717, 1.165) is 12.8 Å². The summed E-state index contributed by atoms with van der Waals surface area (Å²) >= 11 is 0. The number of nitrogens with zero attached hydrogens (tertiary/aromatic N) is 3. The van der Waals surface area contributed by atoms with Gasteiger partial charge in [0.1, 0.15) is 6.54 Å². The van der Waals surface area contributed by atoms with Gasteiger partial charge in [0.05, 0.1) is 18.5 Å². The van der Waals surface area contributed by atoms with E-state index < -0.39 is 0 Å². The van der Waals surface area contributed by atoms with Gasteiger partial charge in [-0.25, -0.2) is 9.79 Å². The second-order valence-corrected chi connectivity index (χ2v) is 5.60. The number of nitrogens with two attached hydrogens (primary N) is 1. The van der Waals surface area contributed by atoms with Crippen LogP contribution in [-0.2, 0) is 9.53 Å². The first-order chi connectivity index (χ1) is 12.1. The molecule has 0 spiro atoms. The van der Waals surface area contributed by atoms with E-state index >= 15 is 0 Å². The van der Waals surface area contributed by atoms with Gasteiger partial charge in [-0.15, -0.1) is 0 Å². The van der Waals surface area contributed by atoms with Gasteiger partial charge in [0, 0.05) is 25.3 Å². The summed E-state index contributed by atoms with van der Waals surface area (Å²) in [5.41, 5.74) is 6.44. The number of aromatic nitrogens is 1. The van der Waals surface area contributed by atoms with Crippen LogP contribution in [0.5, 0.6) is 0 Å². The van der Waals surface area contributed by atoms with Crippen LogP contribution in [0.2, 0.25) is 0 Å². The van der Waals surface area contributed by atoms with Crippen LogP contribution in [0.15, 0.2) is 29.5 Å². The van der Waals surface area contributed by atoms with Gasteiger partial charge in [0.2, 0.25) is 5.91 Å². The number of hydrogen-bond acceptors (Lipinski definition) is 5. The Morgan fingerprint density at radius 3 is 2.84 bits per heavy atom. The van der Waals surface area contributed by atoms with E-state index in [9.17, 15) is 9.59 Å². The van der Waals surface area contributed by atoms with Crippen LogP contribution in [0.25, 0.3) is 0 Å². The van der Waals surface area contributed by atoms with Crippen LogP contribution >= 0.6 is 0 Å². The summed E-state index contributed by atoms with van der Waals surface area (Å²) in [6, 6.07) is 3.60. The Morgan fingerprint density at radius 1 is 1.44 bits per heavy atom. The molecular formula is C16H24N6O3. The van der Waals surface area contributed by atoms with Crippen molar-refractivity contribution in [1.29, 1.82) is 0 Å². The van der Waals surface area contributed by atoms with Crippen molar-refractivity contribution in [1.82, 2.24) is 15.2 Å². The maximum atomic E-state index is 11.8. The molecule has 0 radical (unpaired) electrons. The van der Waals surface area contributed by atoms with E-state index in [1.165, 1.54) is 0 Å². The zero-order valence-corrected chi connectivity index (χ0v) is 14.3. The fraction of sp³-hybridized carbons (Fsp3) is 0.500. The molecule has 4 N–H and O–H groups in total. The van der Waals surface area contributed by atoms with Crippen molar-refractivity contribution in [2.45, 2.75) is 25.8 Å². The number of carbonyl (C=O) groups excluding carboxylic acids is 2. The van der Waals surface area contributed by atoms with E-state index in [1.54, 1.807) is 36.4 Å². The maximum Gasteiger partial charge on any atom is 0.409 e. The van der Waals surface area contributed by atoms with Gasteiger partial charge in [-0.1, -0.05) is 0 Å². The van der Waals surface area contributed by atoms with E-state index in [-0.39, 0.29) is 30.5 Å². The van der Waals surface area contributed by atoms with Crippen LogP contribution in [0, 0.1) is 0 Å². The largest absolute Gasteiger partial charge is 0.450 e. The highest BCUT2D eigenvalue weighted by Gasteiger charge is 2.23. The summed E-state index contributed by atoms with van der Waals surface area (Å²) < 4.78 is 4.98. The van der Waals surface area contributed by atoms with Crippen molar-refractivity contribution in [3.05, 3.63) is 24.5 Å². The molecule has 0 aliphatic carbocycles. The minimum Gasteiger partial charge on any atom is -0.450 e. The van der Waals surface area contributed by atoms with Crippen molar-refractivity contribution in [2.24, 2.45) is 10.7 Å². The number of nitrogens with one attached hydrogen (secondary N) is 2. The molecule has 0 saturated carbocycles. The molecule has 136 valence electrons. The molecule has 1 aromatic rings. The number of pyridine rings is 1. The van der Waals surface area contributed by atoms with Crippen LogP contribution in [0.3, 0.4) is 0 Å². The third-order valence-electron chi connectivity index (χ3n) is 3.71. The Balaban J connectivity index is 1.71. The van der Waals surface area contributed by atoms with Crippen molar-refractivity contribution >= 4 is 23.6 Å². The van der Waals surface area contributed by atoms with Crippen molar-refractivity contribution in [3.63, 3.8) is 0 Å². The topological polar surface area (TPSA) is 122 Å². The highest BCUT2D eigenvalue weighted by molar-refractivity contribution is 5.93. The van der Waals surface area contributed by atoms with E-state index in [2.05, 4.69) is 20.6 Å². The summed E-state index contributed by atoms with van der Waals surface area (Å²) in [7, 11) is 0. The molecule has 1 aromatic heterocycles. The highest BCUT2D eigenvalue weighted by atomic mass is 16.6. The molecule has 2 heterocycles. The Morgan fingerprint density at radius 2 is 2.20 bits per heavy atom.